The van der Waals surface area contributed by atoms with Gasteiger partial charge in [-0.1, -0.05) is 6.07 Å². The van der Waals surface area contributed by atoms with Crippen molar-refractivity contribution in [1.29, 1.82) is 0 Å². The Morgan fingerprint density at radius 1 is 1.53 bits per heavy atom. The van der Waals surface area contributed by atoms with Gasteiger partial charge in [-0.25, -0.2) is 5.01 Å². The Labute approximate surface area is 110 Å². The van der Waals surface area contributed by atoms with Crippen molar-refractivity contribution in [2.24, 2.45) is 5.73 Å². The molecule has 0 saturated carbocycles. The molecule has 4 N–H and O–H groups in total. The summed E-state index contributed by atoms with van der Waals surface area (Å²) in [5.41, 5.74) is 9.57. The fourth-order valence-corrected chi connectivity index (χ4v) is 1.74. The van der Waals surface area contributed by atoms with Crippen molar-refractivity contribution in [2.75, 3.05) is 26.0 Å². The Kier molecular flexibility index (Phi) is 3.68. The average molecular weight is 264 g/mol. The van der Waals surface area contributed by atoms with Gasteiger partial charge in [0, 0.05) is 14.1 Å². The number of nitrogens with two attached hydrogens (primary N) is 1. The molecule has 0 saturated heterocycles. The standard InChI is InChI=1S/C12H16N4O3/c1-16(2)15-12(18)11(13)7-3-4-9-8(5-7)14-10(17)6-19-9/h3-5,11H,6,13H2,1-2H3,(H,14,17)(H,15,18). The summed E-state index contributed by atoms with van der Waals surface area (Å²) >= 11 is 0. The number of anilines is 1. The molecular formula is C12H16N4O3. The smallest absolute Gasteiger partial charge is 0.262 e. The molecule has 19 heavy (non-hydrogen) atoms. The number of hydrogen-bond donors (Lipinski definition) is 3. The molecule has 1 aliphatic heterocycles. The van der Waals surface area contributed by atoms with Gasteiger partial charge < -0.3 is 15.8 Å². The number of carbonyl (C=O) groups is 2. The third-order valence-corrected chi connectivity index (χ3v) is 2.61. The zero-order valence-electron chi connectivity index (χ0n) is 10.8. The van der Waals surface area contributed by atoms with E-state index in [9.17, 15) is 9.59 Å². The summed E-state index contributed by atoms with van der Waals surface area (Å²) in [6, 6.07) is 4.22. The Bertz CT molecular complexity index is 516. The average Bonchev–Trinajstić information content (AvgIpc) is 2.36. The third kappa shape index (κ3) is 3.01. The number of hydrazine groups is 1. The van der Waals surface area contributed by atoms with Crippen LogP contribution in [0, 0.1) is 0 Å². The maximum absolute atomic E-state index is 11.8. The maximum atomic E-state index is 11.8. The van der Waals surface area contributed by atoms with Crippen molar-refractivity contribution >= 4 is 17.5 Å². The zero-order valence-corrected chi connectivity index (χ0v) is 10.8. The highest BCUT2D eigenvalue weighted by molar-refractivity contribution is 5.95. The minimum absolute atomic E-state index is 0.000480. The van der Waals surface area contributed by atoms with E-state index in [1.807, 2.05) is 0 Å². The first-order chi connectivity index (χ1) is 8.97. The molecule has 1 heterocycles. The Hall–Kier alpha value is -2.12. The highest BCUT2D eigenvalue weighted by Gasteiger charge is 2.21. The largest absolute Gasteiger partial charge is 0.482 e. The molecule has 1 atom stereocenters. The van der Waals surface area contributed by atoms with E-state index in [1.165, 1.54) is 5.01 Å². The number of rotatable bonds is 3. The van der Waals surface area contributed by atoms with Gasteiger partial charge in [-0.2, -0.15) is 0 Å². The zero-order chi connectivity index (χ0) is 14.0. The molecule has 1 aromatic carbocycles. The monoisotopic (exact) mass is 264 g/mol. The number of hydrogen-bond acceptors (Lipinski definition) is 5. The van der Waals surface area contributed by atoms with Crippen LogP contribution < -0.4 is 21.2 Å². The molecule has 7 nitrogen and oxygen atoms in total. The van der Waals surface area contributed by atoms with E-state index in [-0.39, 0.29) is 18.4 Å². The summed E-state index contributed by atoms with van der Waals surface area (Å²) in [5, 5.41) is 4.19. The number of benzene rings is 1. The Morgan fingerprint density at radius 2 is 2.26 bits per heavy atom. The summed E-state index contributed by atoms with van der Waals surface area (Å²) in [4.78, 5) is 23.0. The van der Waals surface area contributed by atoms with Gasteiger partial charge in [-0.3, -0.25) is 15.0 Å². The molecule has 0 aromatic heterocycles. The molecule has 102 valence electrons. The van der Waals surface area contributed by atoms with Crippen LogP contribution in [0.15, 0.2) is 18.2 Å². The molecule has 1 aromatic rings. The minimum atomic E-state index is -0.813. The molecule has 2 rings (SSSR count). The van der Waals surface area contributed by atoms with E-state index in [2.05, 4.69) is 10.7 Å². The lowest BCUT2D eigenvalue weighted by atomic mass is 10.1. The van der Waals surface area contributed by atoms with Gasteiger partial charge in [0.2, 0.25) is 0 Å². The van der Waals surface area contributed by atoms with E-state index in [4.69, 9.17) is 10.5 Å². The van der Waals surface area contributed by atoms with E-state index in [0.717, 1.165) is 0 Å². The van der Waals surface area contributed by atoms with Crippen molar-refractivity contribution in [3.05, 3.63) is 23.8 Å². The van der Waals surface area contributed by atoms with Crippen molar-refractivity contribution in [1.82, 2.24) is 10.4 Å². The number of nitrogens with one attached hydrogen (secondary N) is 2. The van der Waals surface area contributed by atoms with E-state index in [1.54, 1.807) is 32.3 Å². The highest BCUT2D eigenvalue weighted by Crippen LogP contribution is 2.30. The Morgan fingerprint density at radius 3 is 2.95 bits per heavy atom. The topological polar surface area (TPSA) is 96.7 Å². The molecule has 0 fully saturated rings. The summed E-state index contributed by atoms with van der Waals surface area (Å²) in [6.07, 6.45) is 0. The van der Waals surface area contributed by atoms with E-state index in [0.29, 0.717) is 17.0 Å². The normalized spacial score (nSPS) is 15.3. The van der Waals surface area contributed by atoms with Gasteiger partial charge in [0.25, 0.3) is 11.8 Å². The van der Waals surface area contributed by atoms with Gasteiger partial charge in [0.1, 0.15) is 11.8 Å². The van der Waals surface area contributed by atoms with Gasteiger partial charge in [-0.15, -0.1) is 0 Å². The Balaban J connectivity index is 2.19. The second-order valence-electron chi connectivity index (χ2n) is 4.44. The van der Waals surface area contributed by atoms with Crippen LogP contribution in [0.2, 0.25) is 0 Å². The second-order valence-corrected chi connectivity index (χ2v) is 4.44. The van der Waals surface area contributed by atoms with Crippen LogP contribution in [0.4, 0.5) is 5.69 Å². The lowest BCUT2D eigenvalue weighted by Crippen LogP contribution is -2.42. The molecule has 1 aliphatic rings. The van der Waals surface area contributed by atoms with Crippen LogP contribution in [-0.2, 0) is 9.59 Å². The predicted molar refractivity (Wildman–Crippen MR) is 69.3 cm³/mol. The number of nitrogens with zero attached hydrogens (tertiary/aromatic N) is 1. The van der Waals surface area contributed by atoms with Crippen LogP contribution >= 0.6 is 0 Å². The summed E-state index contributed by atoms with van der Waals surface area (Å²) in [6.45, 7) is -0.000480. The fourth-order valence-electron chi connectivity index (χ4n) is 1.74. The molecule has 0 aliphatic carbocycles. The summed E-state index contributed by atoms with van der Waals surface area (Å²) in [5.74, 6) is 0.0209. The second kappa shape index (κ2) is 5.25. The number of fused-ring (bicyclic) bond motifs is 1. The first-order valence-corrected chi connectivity index (χ1v) is 5.77. The fraction of sp³-hybridized carbons (Fsp3) is 0.333. The quantitative estimate of drug-likeness (QED) is 0.646. The minimum Gasteiger partial charge on any atom is -0.482 e. The van der Waals surface area contributed by atoms with Crippen LogP contribution in [0.1, 0.15) is 11.6 Å². The number of ether oxygens (including phenoxy) is 1. The first-order valence-electron chi connectivity index (χ1n) is 5.77. The molecule has 2 amide bonds. The van der Waals surface area contributed by atoms with Crippen LogP contribution in [0.5, 0.6) is 5.75 Å². The van der Waals surface area contributed by atoms with Crippen LogP contribution in [-0.4, -0.2) is 37.5 Å². The van der Waals surface area contributed by atoms with Gasteiger partial charge in [-0.05, 0) is 17.7 Å². The van der Waals surface area contributed by atoms with Crippen molar-refractivity contribution < 1.29 is 14.3 Å². The molecule has 1 unspecified atom stereocenters. The van der Waals surface area contributed by atoms with Crippen LogP contribution in [0.3, 0.4) is 0 Å². The summed E-state index contributed by atoms with van der Waals surface area (Å²) < 4.78 is 5.23. The van der Waals surface area contributed by atoms with E-state index >= 15 is 0 Å². The van der Waals surface area contributed by atoms with Gasteiger partial charge in [0.05, 0.1) is 5.69 Å². The number of carbonyl (C=O) groups excluding carboxylic acids is 2. The molecule has 0 radical (unpaired) electrons. The highest BCUT2D eigenvalue weighted by atomic mass is 16.5. The number of amides is 2. The van der Waals surface area contributed by atoms with Crippen LogP contribution in [0.25, 0.3) is 0 Å². The van der Waals surface area contributed by atoms with Gasteiger partial charge in [0.15, 0.2) is 6.61 Å². The summed E-state index contributed by atoms with van der Waals surface area (Å²) in [7, 11) is 3.40. The maximum Gasteiger partial charge on any atom is 0.262 e. The molecule has 0 bridgehead atoms. The molecular weight excluding hydrogens is 248 g/mol. The van der Waals surface area contributed by atoms with Gasteiger partial charge >= 0.3 is 0 Å². The third-order valence-electron chi connectivity index (χ3n) is 2.61. The molecule has 7 heteroatoms. The molecule has 0 spiro atoms. The predicted octanol–water partition coefficient (Wildman–Crippen LogP) is -0.390. The SMILES string of the molecule is CN(C)NC(=O)C(N)c1ccc2c(c1)NC(=O)CO2. The van der Waals surface area contributed by atoms with E-state index < -0.39 is 6.04 Å². The van der Waals surface area contributed by atoms with Crippen molar-refractivity contribution in [2.45, 2.75) is 6.04 Å². The first kappa shape index (κ1) is 13.3. The van der Waals surface area contributed by atoms with Crippen molar-refractivity contribution in [3.8, 4) is 5.75 Å². The lowest BCUT2D eigenvalue weighted by Gasteiger charge is -2.21. The lowest BCUT2D eigenvalue weighted by molar-refractivity contribution is -0.126. The van der Waals surface area contributed by atoms with Crippen molar-refractivity contribution in [3.63, 3.8) is 0 Å².